The number of benzene rings is 1. The molecule has 0 saturated heterocycles. The van der Waals surface area contributed by atoms with Gasteiger partial charge in [0.1, 0.15) is 5.75 Å². The Kier molecular flexibility index (Phi) is 2.96. The molecule has 88 valence electrons. The summed E-state index contributed by atoms with van der Waals surface area (Å²) < 4.78 is 0. The standard InChI is InChI=1S/C15H22O/c1-11-10-15(2,3)8-7-14(11)12-5-4-6-13(16)9-12/h4-6,9,11,14,16H,7-8,10H2,1-3H3. The predicted molar refractivity (Wildman–Crippen MR) is 67.6 cm³/mol. The first-order valence-electron chi connectivity index (χ1n) is 6.27. The summed E-state index contributed by atoms with van der Waals surface area (Å²) in [6, 6.07) is 7.79. The van der Waals surface area contributed by atoms with Crippen LogP contribution >= 0.6 is 0 Å². The molecule has 0 aromatic heterocycles. The molecule has 1 saturated carbocycles. The molecule has 0 bridgehead atoms. The van der Waals surface area contributed by atoms with E-state index in [0.29, 0.717) is 23.0 Å². The monoisotopic (exact) mass is 218 g/mol. The van der Waals surface area contributed by atoms with E-state index in [1.807, 2.05) is 12.1 Å². The molecule has 1 aliphatic carbocycles. The smallest absolute Gasteiger partial charge is 0.115 e. The molecule has 1 heteroatoms. The number of hydrogen-bond acceptors (Lipinski definition) is 1. The van der Waals surface area contributed by atoms with Crippen LogP contribution in [0.25, 0.3) is 0 Å². The van der Waals surface area contributed by atoms with Crippen LogP contribution in [-0.4, -0.2) is 5.11 Å². The summed E-state index contributed by atoms with van der Waals surface area (Å²) in [4.78, 5) is 0. The Hall–Kier alpha value is -0.980. The predicted octanol–water partition coefficient (Wildman–Crippen LogP) is 4.32. The SMILES string of the molecule is CC1CC(C)(C)CCC1c1cccc(O)c1. The van der Waals surface area contributed by atoms with E-state index < -0.39 is 0 Å². The molecule has 0 heterocycles. The van der Waals surface area contributed by atoms with Gasteiger partial charge in [-0.15, -0.1) is 0 Å². The highest BCUT2D eigenvalue weighted by Gasteiger charge is 2.32. The van der Waals surface area contributed by atoms with Gasteiger partial charge >= 0.3 is 0 Å². The van der Waals surface area contributed by atoms with Crippen molar-refractivity contribution in [2.45, 2.75) is 46.0 Å². The summed E-state index contributed by atoms with van der Waals surface area (Å²) in [6.45, 7) is 7.07. The highest BCUT2D eigenvalue weighted by Crippen LogP contribution is 2.46. The number of phenols is 1. The van der Waals surface area contributed by atoms with Crippen molar-refractivity contribution in [2.24, 2.45) is 11.3 Å². The molecule has 0 radical (unpaired) electrons. The molecule has 0 aliphatic heterocycles. The molecule has 1 aliphatic rings. The number of hydrogen-bond donors (Lipinski definition) is 1. The Bertz CT molecular complexity index is 367. The maximum Gasteiger partial charge on any atom is 0.115 e. The van der Waals surface area contributed by atoms with Crippen LogP contribution in [0.1, 0.15) is 51.5 Å². The Morgan fingerprint density at radius 1 is 1.31 bits per heavy atom. The van der Waals surface area contributed by atoms with Crippen LogP contribution in [-0.2, 0) is 0 Å². The minimum Gasteiger partial charge on any atom is -0.508 e. The third-order valence-electron chi connectivity index (χ3n) is 3.99. The second-order valence-electron chi connectivity index (χ2n) is 6.09. The van der Waals surface area contributed by atoms with Crippen LogP contribution in [0.15, 0.2) is 24.3 Å². The van der Waals surface area contributed by atoms with E-state index in [4.69, 9.17) is 0 Å². The van der Waals surface area contributed by atoms with Gasteiger partial charge in [-0.3, -0.25) is 0 Å². The maximum atomic E-state index is 9.53. The molecule has 0 spiro atoms. The van der Waals surface area contributed by atoms with Gasteiger partial charge in [0.05, 0.1) is 0 Å². The van der Waals surface area contributed by atoms with Crippen LogP contribution in [0.2, 0.25) is 0 Å². The van der Waals surface area contributed by atoms with Gasteiger partial charge in [-0.25, -0.2) is 0 Å². The molecule has 1 aromatic rings. The van der Waals surface area contributed by atoms with Crippen LogP contribution in [0.3, 0.4) is 0 Å². The van der Waals surface area contributed by atoms with Gasteiger partial charge in [-0.2, -0.15) is 0 Å². The molecule has 1 fully saturated rings. The summed E-state index contributed by atoms with van der Waals surface area (Å²) in [6.07, 6.45) is 3.82. The normalized spacial score (nSPS) is 28.9. The van der Waals surface area contributed by atoms with Crippen LogP contribution in [0, 0.1) is 11.3 Å². The van der Waals surface area contributed by atoms with Crippen molar-refractivity contribution in [3.05, 3.63) is 29.8 Å². The Balaban J connectivity index is 2.17. The second kappa shape index (κ2) is 4.12. The molecule has 1 nitrogen and oxygen atoms in total. The van der Waals surface area contributed by atoms with Crippen LogP contribution in [0.4, 0.5) is 0 Å². The van der Waals surface area contributed by atoms with Crippen LogP contribution < -0.4 is 0 Å². The zero-order chi connectivity index (χ0) is 11.8. The highest BCUT2D eigenvalue weighted by molar-refractivity contribution is 5.30. The average Bonchev–Trinajstić information content (AvgIpc) is 2.15. The summed E-state index contributed by atoms with van der Waals surface area (Å²) in [7, 11) is 0. The lowest BCUT2D eigenvalue weighted by atomic mass is 9.66. The minimum absolute atomic E-state index is 0.398. The van der Waals surface area contributed by atoms with Gasteiger partial charge in [0, 0.05) is 0 Å². The van der Waals surface area contributed by atoms with Crippen molar-refractivity contribution < 1.29 is 5.11 Å². The molecule has 2 unspecified atom stereocenters. The first kappa shape index (κ1) is 11.5. The van der Waals surface area contributed by atoms with Crippen molar-refractivity contribution >= 4 is 0 Å². The van der Waals surface area contributed by atoms with Crippen molar-refractivity contribution in [1.82, 2.24) is 0 Å². The van der Waals surface area contributed by atoms with E-state index in [2.05, 4.69) is 26.8 Å². The van der Waals surface area contributed by atoms with E-state index in [1.54, 1.807) is 6.07 Å². The Labute approximate surface area is 98.5 Å². The second-order valence-corrected chi connectivity index (χ2v) is 6.09. The zero-order valence-electron chi connectivity index (χ0n) is 10.5. The number of aromatic hydroxyl groups is 1. The largest absolute Gasteiger partial charge is 0.508 e. The van der Waals surface area contributed by atoms with E-state index in [0.717, 1.165) is 0 Å². The summed E-state index contributed by atoms with van der Waals surface area (Å²) in [5.41, 5.74) is 1.80. The van der Waals surface area contributed by atoms with Gasteiger partial charge in [0.25, 0.3) is 0 Å². The summed E-state index contributed by atoms with van der Waals surface area (Å²) in [5.74, 6) is 1.74. The molecule has 1 aromatic carbocycles. The Morgan fingerprint density at radius 2 is 2.06 bits per heavy atom. The van der Waals surface area contributed by atoms with Crippen molar-refractivity contribution in [1.29, 1.82) is 0 Å². The first-order chi connectivity index (χ1) is 7.48. The number of phenolic OH excluding ortho intramolecular Hbond substituents is 1. The average molecular weight is 218 g/mol. The highest BCUT2D eigenvalue weighted by atomic mass is 16.3. The quantitative estimate of drug-likeness (QED) is 0.744. The lowest BCUT2D eigenvalue weighted by molar-refractivity contribution is 0.167. The third kappa shape index (κ3) is 2.40. The zero-order valence-corrected chi connectivity index (χ0v) is 10.5. The fourth-order valence-electron chi connectivity index (χ4n) is 3.20. The summed E-state index contributed by atoms with van der Waals surface area (Å²) in [5, 5.41) is 9.53. The van der Waals surface area contributed by atoms with Crippen molar-refractivity contribution in [2.75, 3.05) is 0 Å². The van der Waals surface area contributed by atoms with Gasteiger partial charge in [-0.1, -0.05) is 32.9 Å². The van der Waals surface area contributed by atoms with Gasteiger partial charge < -0.3 is 5.11 Å². The Morgan fingerprint density at radius 3 is 2.69 bits per heavy atom. The fourth-order valence-corrected chi connectivity index (χ4v) is 3.20. The molecule has 0 amide bonds. The van der Waals surface area contributed by atoms with Gasteiger partial charge in [0.15, 0.2) is 0 Å². The fraction of sp³-hybridized carbons (Fsp3) is 0.600. The topological polar surface area (TPSA) is 20.2 Å². The van der Waals surface area contributed by atoms with E-state index >= 15 is 0 Å². The van der Waals surface area contributed by atoms with E-state index in [9.17, 15) is 5.11 Å². The maximum absolute atomic E-state index is 9.53. The third-order valence-corrected chi connectivity index (χ3v) is 3.99. The minimum atomic E-state index is 0.398. The lowest BCUT2D eigenvalue weighted by Crippen LogP contribution is -2.26. The molecule has 1 N–H and O–H groups in total. The van der Waals surface area contributed by atoms with E-state index in [1.165, 1.54) is 24.8 Å². The van der Waals surface area contributed by atoms with Crippen molar-refractivity contribution in [3.8, 4) is 5.75 Å². The molecular formula is C15H22O. The van der Waals surface area contributed by atoms with Gasteiger partial charge in [0.2, 0.25) is 0 Å². The number of rotatable bonds is 1. The molecule has 2 rings (SSSR count). The molecular weight excluding hydrogens is 196 g/mol. The first-order valence-corrected chi connectivity index (χ1v) is 6.27. The van der Waals surface area contributed by atoms with E-state index in [-0.39, 0.29) is 0 Å². The summed E-state index contributed by atoms with van der Waals surface area (Å²) >= 11 is 0. The molecule has 2 atom stereocenters. The van der Waals surface area contributed by atoms with Crippen LogP contribution in [0.5, 0.6) is 5.75 Å². The van der Waals surface area contributed by atoms with Crippen molar-refractivity contribution in [3.63, 3.8) is 0 Å². The lowest BCUT2D eigenvalue weighted by Gasteiger charge is -2.39. The van der Waals surface area contributed by atoms with Gasteiger partial charge in [-0.05, 0) is 54.2 Å². The molecule has 16 heavy (non-hydrogen) atoms.